The molecule has 0 bridgehead atoms. The minimum absolute atomic E-state index is 0.0173. The van der Waals surface area contributed by atoms with E-state index in [0.29, 0.717) is 11.3 Å². The van der Waals surface area contributed by atoms with Gasteiger partial charge < -0.3 is 10.2 Å². The zero-order valence-corrected chi connectivity index (χ0v) is 11.5. The Morgan fingerprint density at radius 3 is 2.74 bits per heavy atom. The molecule has 0 saturated carbocycles. The van der Waals surface area contributed by atoms with E-state index in [1.54, 1.807) is 18.2 Å². The minimum atomic E-state index is -3.70. The van der Waals surface area contributed by atoms with Gasteiger partial charge in [-0.1, -0.05) is 17.7 Å². The second-order valence-corrected chi connectivity index (χ2v) is 6.02. The number of sulfonamides is 1. The highest BCUT2D eigenvalue weighted by Gasteiger charge is 2.18. The molecule has 102 valence electrons. The van der Waals surface area contributed by atoms with Crippen LogP contribution in [0.25, 0.3) is 0 Å². The lowest BCUT2D eigenvalue weighted by Crippen LogP contribution is -2.23. The van der Waals surface area contributed by atoms with Gasteiger partial charge in [0.15, 0.2) is 0 Å². The molecule has 0 spiro atoms. The molecule has 2 rings (SSSR count). The van der Waals surface area contributed by atoms with Gasteiger partial charge in [-0.25, -0.2) is 13.1 Å². The number of hydrogen-bond acceptors (Lipinski definition) is 4. The highest BCUT2D eigenvalue weighted by molar-refractivity contribution is 7.89. The molecule has 0 aliphatic carbocycles. The van der Waals surface area contributed by atoms with Crippen LogP contribution in [0.1, 0.15) is 11.3 Å². The SMILES string of the molecule is NCc1ccc(Cl)c(S(=O)(=O)NCc2ccco2)c1. The fraction of sp³-hybridized carbons (Fsp3) is 0.167. The van der Waals surface area contributed by atoms with Gasteiger partial charge in [-0.15, -0.1) is 0 Å². The summed E-state index contributed by atoms with van der Waals surface area (Å²) in [6.45, 7) is 0.316. The van der Waals surface area contributed by atoms with Crippen molar-refractivity contribution in [3.63, 3.8) is 0 Å². The van der Waals surface area contributed by atoms with Crippen LogP contribution in [-0.4, -0.2) is 8.42 Å². The molecule has 2 aromatic rings. The Hall–Kier alpha value is -1.34. The Labute approximate surface area is 116 Å². The molecule has 1 aromatic heterocycles. The van der Waals surface area contributed by atoms with Crippen LogP contribution in [0.3, 0.4) is 0 Å². The maximum atomic E-state index is 12.1. The average Bonchev–Trinajstić information content (AvgIpc) is 2.90. The molecule has 0 radical (unpaired) electrons. The standard InChI is InChI=1S/C12H13ClN2O3S/c13-11-4-3-9(7-14)6-12(11)19(16,17)15-8-10-2-1-5-18-10/h1-6,15H,7-8,14H2. The van der Waals surface area contributed by atoms with Gasteiger partial charge in [0.25, 0.3) is 0 Å². The first-order valence-electron chi connectivity index (χ1n) is 5.53. The van der Waals surface area contributed by atoms with E-state index in [1.165, 1.54) is 18.4 Å². The van der Waals surface area contributed by atoms with E-state index in [9.17, 15) is 8.42 Å². The summed E-state index contributed by atoms with van der Waals surface area (Å²) >= 11 is 5.91. The Balaban J connectivity index is 2.23. The number of benzene rings is 1. The zero-order chi connectivity index (χ0) is 13.9. The Morgan fingerprint density at radius 2 is 2.11 bits per heavy atom. The topological polar surface area (TPSA) is 85.3 Å². The summed E-state index contributed by atoms with van der Waals surface area (Å²) in [6.07, 6.45) is 1.48. The Morgan fingerprint density at radius 1 is 1.32 bits per heavy atom. The maximum Gasteiger partial charge on any atom is 0.242 e. The molecule has 1 heterocycles. The molecule has 5 nitrogen and oxygen atoms in total. The third kappa shape index (κ3) is 3.36. The summed E-state index contributed by atoms with van der Waals surface area (Å²) in [5.74, 6) is 0.523. The third-order valence-corrected chi connectivity index (χ3v) is 4.42. The lowest BCUT2D eigenvalue weighted by Gasteiger charge is -2.08. The highest BCUT2D eigenvalue weighted by atomic mass is 35.5. The van der Waals surface area contributed by atoms with Gasteiger partial charge in [0.05, 0.1) is 17.8 Å². The summed E-state index contributed by atoms with van der Waals surface area (Å²) in [5.41, 5.74) is 6.19. The summed E-state index contributed by atoms with van der Waals surface area (Å²) < 4.78 is 31.8. The molecule has 0 fully saturated rings. The van der Waals surface area contributed by atoms with Crippen molar-refractivity contribution in [2.75, 3.05) is 0 Å². The van der Waals surface area contributed by atoms with Crippen molar-refractivity contribution in [3.05, 3.63) is 52.9 Å². The lowest BCUT2D eigenvalue weighted by atomic mass is 10.2. The molecule has 0 amide bonds. The summed E-state index contributed by atoms with van der Waals surface area (Å²) in [4.78, 5) is 0.0173. The van der Waals surface area contributed by atoms with Gasteiger partial charge in [-0.05, 0) is 29.8 Å². The van der Waals surface area contributed by atoms with Crippen molar-refractivity contribution in [2.45, 2.75) is 18.0 Å². The average molecular weight is 301 g/mol. The number of hydrogen-bond donors (Lipinski definition) is 2. The van der Waals surface area contributed by atoms with Crippen molar-refractivity contribution < 1.29 is 12.8 Å². The van der Waals surface area contributed by atoms with E-state index >= 15 is 0 Å². The van der Waals surface area contributed by atoms with Crippen molar-refractivity contribution >= 4 is 21.6 Å². The predicted molar refractivity (Wildman–Crippen MR) is 72.1 cm³/mol. The monoisotopic (exact) mass is 300 g/mol. The van der Waals surface area contributed by atoms with E-state index in [-0.39, 0.29) is 23.0 Å². The molecule has 0 aliphatic heterocycles. The van der Waals surface area contributed by atoms with Crippen LogP contribution < -0.4 is 10.5 Å². The third-order valence-electron chi connectivity index (χ3n) is 2.54. The van der Waals surface area contributed by atoms with E-state index in [0.717, 1.165) is 0 Å². The van der Waals surface area contributed by atoms with Crippen molar-refractivity contribution in [3.8, 4) is 0 Å². The number of nitrogens with one attached hydrogen (secondary N) is 1. The van der Waals surface area contributed by atoms with Gasteiger partial charge in [0.1, 0.15) is 10.7 Å². The van der Waals surface area contributed by atoms with Crippen LogP contribution in [0.2, 0.25) is 5.02 Å². The van der Waals surface area contributed by atoms with Gasteiger partial charge in [-0.2, -0.15) is 0 Å². The second-order valence-electron chi connectivity index (χ2n) is 3.87. The van der Waals surface area contributed by atoms with Crippen LogP contribution in [0.15, 0.2) is 45.9 Å². The normalized spacial score (nSPS) is 11.7. The number of nitrogens with two attached hydrogens (primary N) is 1. The Kier molecular flexibility index (Phi) is 4.26. The zero-order valence-electron chi connectivity index (χ0n) is 9.97. The van der Waals surface area contributed by atoms with E-state index in [2.05, 4.69) is 4.72 Å². The molecular weight excluding hydrogens is 288 g/mol. The number of furan rings is 1. The van der Waals surface area contributed by atoms with Crippen LogP contribution in [0.5, 0.6) is 0 Å². The molecule has 0 saturated heterocycles. The molecule has 0 unspecified atom stereocenters. The van der Waals surface area contributed by atoms with Crippen LogP contribution in [-0.2, 0) is 23.1 Å². The minimum Gasteiger partial charge on any atom is -0.468 e. The van der Waals surface area contributed by atoms with E-state index in [4.69, 9.17) is 21.8 Å². The number of halogens is 1. The molecule has 19 heavy (non-hydrogen) atoms. The van der Waals surface area contributed by atoms with Gasteiger partial charge in [0, 0.05) is 6.54 Å². The van der Waals surface area contributed by atoms with Crippen LogP contribution in [0, 0.1) is 0 Å². The van der Waals surface area contributed by atoms with Gasteiger partial charge >= 0.3 is 0 Å². The molecule has 7 heteroatoms. The first kappa shape index (κ1) is 14.1. The molecule has 3 N–H and O–H groups in total. The summed E-state index contributed by atoms with van der Waals surface area (Å²) in [5, 5.41) is 0.157. The fourth-order valence-corrected chi connectivity index (χ4v) is 3.08. The summed E-state index contributed by atoms with van der Waals surface area (Å²) in [6, 6.07) is 8.04. The summed E-state index contributed by atoms with van der Waals surface area (Å²) in [7, 11) is -3.70. The quantitative estimate of drug-likeness (QED) is 0.882. The largest absolute Gasteiger partial charge is 0.468 e. The highest BCUT2D eigenvalue weighted by Crippen LogP contribution is 2.22. The first-order chi connectivity index (χ1) is 9.03. The molecule has 1 aromatic carbocycles. The first-order valence-corrected chi connectivity index (χ1v) is 7.39. The van der Waals surface area contributed by atoms with E-state index in [1.807, 2.05) is 0 Å². The Bertz CT molecular complexity index is 654. The van der Waals surface area contributed by atoms with E-state index < -0.39 is 10.0 Å². The van der Waals surface area contributed by atoms with Gasteiger partial charge in [0.2, 0.25) is 10.0 Å². The molecule has 0 aliphatic rings. The lowest BCUT2D eigenvalue weighted by molar-refractivity contribution is 0.498. The van der Waals surface area contributed by atoms with Crippen LogP contribution >= 0.6 is 11.6 Å². The van der Waals surface area contributed by atoms with Crippen molar-refractivity contribution in [1.29, 1.82) is 0 Å². The molecular formula is C12H13ClN2O3S. The predicted octanol–water partition coefficient (Wildman–Crippen LogP) is 1.87. The van der Waals surface area contributed by atoms with Gasteiger partial charge in [-0.3, -0.25) is 0 Å². The molecule has 0 atom stereocenters. The van der Waals surface area contributed by atoms with Crippen LogP contribution in [0.4, 0.5) is 0 Å². The fourth-order valence-electron chi connectivity index (χ4n) is 1.54. The van der Waals surface area contributed by atoms with Crippen molar-refractivity contribution in [1.82, 2.24) is 4.72 Å². The maximum absolute atomic E-state index is 12.1. The number of rotatable bonds is 5. The van der Waals surface area contributed by atoms with Crippen molar-refractivity contribution in [2.24, 2.45) is 5.73 Å². The smallest absolute Gasteiger partial charge is 0.242 e. The second kappa shape index (κ2) is 5.75.